The van der Waals surface area contributed by atoms with E-state index in [4.69, 9.17) is 12.2 Å². The molecule has 0 fully saturated rings. The third kappa shape index (κ3) is 2.44. The van der Waals surface area contributed by atoms with Gasteiger partial charge in [0.15, 0.2) is 0 Å². The molecule has 20 heavy (non-hydrogen) atoms. The van der Waals surface area contributed by atoms with Crippen LogP contribution in [0.15, 0.2) is 47.2 Å². The van der Waals surface area contributed by atoms with E-state index in [1.54, 1.807) is 10.9 Å². The lowest BCUT2D eigenvalue weighted by molar-refractivity contribution is 0.768. The third-order valence-electron chi connectivity index (χ3n) is 2.90. The number of hydrogen-bond donors (Lipinski definition) is 1. The second-order valence-corrected chi connectivity index (χ2v) is 5.53. The highest BCUT2D eigenvalue weighted by Gasteiger charge is 2.10. The predicted octanol–water partition coefficient (Wildman–Crippen LogP) is 3.97. The van der Waals surface area contributed by atoms with Crippen molar-refractivity contribution in [3.8, 4) is 22.6 Å². The summed E-state index contributed by atoms with van der Waals surface area (Å²) in [7, 11) is 1.87. The van der Waals surface area contributed by atoms with Crippen LogP contribution in [0.1, 0.15) is 0 Å². The van der Waals surface area contributed by atoms with Crippen LogP contribution in [-0.2, 0) is 7.05 Å². The molecule has 6 heteroatoms. The van der Waals surface area contributed by atoms with Crippen molar-refractivity contribution in [1.82, 2.24) is 19.7 Å². The maximum absolute atomic E-state index is 5.33. The van der Waals surface area contributed by atoms with E-state index in [2.05, 4.69) is 31.0 Å². The van der Waals surface area contributed by atoms with Crippen LogP contribution in [0, 0.1) is 4.64 Å². The molecular weight excluding hydrogens is 336 g/mol. The number of nitrogens with zero attached hydrogens (tertiary/aromatic N) is 3. The van der Waals surface area contributed by atoms with Crippen LogP contribution in [0.5, 0.6) is 0 Å². The van der Waals surface area contributed by atoms with Crippen molar-refractivity contribution in [2.75, 3.05) is 0 Å². The van der Waals surface area contributed by atoms with Crippen molar-refractivity contribution in [2.24, 2.45) is 7.05 Å². The molecule has 0 unspecified atom stereocenters. The summed E-state index contributed by atoms with van der Waals surface area (Å²) in [5, 5.41) is 4.16. The zero-order chi connectivity index (χ0) is 14.1. The lowest BCUT2D eigenvalue weighted by Gasteiger charge is -2.07. The largest absolute Gasteiger partial charge is 0.338 e. The summed E-state index contributed by atoms with van der Waals surface area (Å²) < 4.78 is 3.06. The van der Waals surface area contributed by atoms with Crippen LogP contribution in [-0.4, -0.2) is 19.7 Å². The summed E-state index contributed by atoms with van der Waals surface area (Å²) in [6, 6.07) is 10.0. The molecule has 0 aliphatic rings. The van der Waals surface area contributed by atoms with E-state index in [1.807, 2.05) is 43.6 Å². The van der Waals surface area contributed by atoms with Crippen molar-refractivity contribution in [1.29, 1.82) is 0 Å². The molecule has 2 aromatic heterocycles. The summed E-state index contributed by atoms with van der Waals surface area (Å²) in [6.45, 7) is 0. The second kappa shape index (κ2) is 5.30. The number of halogens is 1. The van der Waals surface area contributed by atoms with E-state index in [9.17, 15) is 0 Å². The molecule has 0 saturated carbocycles. The molecule has 0 aliphatic carbocycles. The highest BCUT2D eigenvalue weighted by Crippen LogP contribution is 2.28. The zero-order valence-corrected chi connectivity index (χ0v) is 13.1. The van der Waals surface area contributed by atoms with E-state index in [1.165, 1.54) is 0 Å². The Bertz CT molecular complexity index is 808. The average Bonchev–Trinajstić information content (AvgIpc) is 2.89. The lowest BCUT2D eigenvalue weighted by atomic mass is 10.1. The van der Waals surface area contributed by atoms with E-state index >= 15 is 0 Å². The molecule has 4 nitrogen and oxygen atoms in total. The van der Waals surface area contributed by atoms with Crippen LogP contribution >= 0.6 is 28.1 Å². The van der Waals surface area contributed by atoms with Gasteiger partial charge in [-0.25, -0.2) is 4.98 Å². The van der Waals surface area contributed by atoms with Crippen LogP contribution < -0.4 is 0 Å². The molecule has 3 rings (SSSR count). The van der Waals surface area contributed by atoms with Crippen molar-refractivity contribution in [2.45, 2.75) is 0 Å². The summed E-state index contributed by atoms with van der Waals surface area (Å²) in [5.41, 5.74) is 2.88. The number of benzene rings is 1. The fourth-order valence-electron chi connectivity index (χ4n) is 1.94. The molecular formula is C14H11BrN4S. The van der Waals surface area contributed by atoms with Crippen LogP contribution in [0.25, 0.3) is 22.6 Å². The first-order valence-electron chi connectivity index (χ1n) is 5.99. The first-order valence-corrected chi connectivity index (χ1v) is 7.19. The Hall–Kier alpha value is -1.79. The molecule has 1 aromatic carbocycles. The minimum Gasteiger partial charge on any atom is -0.338 e. The molecule has 0 amide bonds. The smallest absolute Gasteiger partial charge is 0.144 e. The zero-order valence-electron chi connectivity index (χ0n) is 10.7. The monoisotopic (exact) mass is 346 g/mol. The molecule has 0 saturated heterocycles. The fourth-order valence-corrected chi connectivity index (χ4v) is 2.55. The average molecular weight is 347 g/mol. The standard InChI is InChI=1S/C14H11BrN4S/c1-19-8-10(7-16-19)13-17-12(11(15)14(20)18-13)9-5-3-2-4-6-9/h2-8H,1H3,(H,17,18,20). The highest BCUT2D eigenvalue weighted by atomic mass is 79.9. The van der Waals surface area contributed by atoms with Gasteiger partial charge in [-0.05, 0) is 21.5 Å². The number of H-pyrrole nitrogens is 1. The molecule has 3 aromatic rings. The Kier molecular flexibility index (Phi) is 3.50. The van der Waals surface area contributed by atoms with Crippen LogP contribution in [0.4, 0.5) is 0 Å². The maximum Gasteiger partial charge on any atom is 0.144 e. The first-order chi connectivity index (χ1) is 9.65. The Labute approximate surface area is 129 Å². The quantitative estimate of drug-likeness (QED) is 0.714. The second-order valence-electron chi connectivity index (χ2n) is 4.35. The summed E-state index contributed by atoms with van der Waals surface area (Å²) in [5.74, 6) is 0.713. The van der Waals surface area contributed by atoms with E-state index < -0.39 is 0 Å². The number of hydrogen-bond acceptors (Lipinski definition) is 3. The van der Waals surface area contributed by atoms with Gasteiger partial charge in [0.05, 0.1) is 21.9 Å². The lowest BCUT2D eigenvalue weighted by Crippen LogP contribution is -1.94. The normalized spacial score (nSPS) is 10.7. The summed E-state index contributed by atoms with van der Waals surface area (Å²) in [6.07, 6.45) is 3.66. The van der Waals surface area contributed by atoms with Gasteiger partial charge in [-0.15, -0.1) is 0 Å². The summed E-state index contributed by atoms with van der Waals surface area (Å²) >= 11 is 8.84. The van der Waals surface area contributed by atoms with Crippen molar-refractivity contribution in [3.63, 3.8) is 0 Å². The molecule has 100 valence electrons. The van der Waals surface area contributed by atoms with Gasteiger partial charge in [-0.1, -0.05) is 42.5 Å². The van der Waals surface area contributed by atoms with Crippen LogP contribution in [0.2, 0.25) is 0 Å². The highest BCUT2D eigenvalue weighted by molar-refractivity contribution is 9.10. The fraction of sp³-hybridized carbons (Fsp3) is 0.0714. The SMILES string of the molecule is Cn1cc(-c2nc(=S)c(Br)c(-c3ccccc3)[nH]2)cn1. The number of aromatic nitrogens is 4. The van der Waals surface area contributed by atoms with Gasteiger partial charge in [-0.2, -0.15) is 5.10 Å². The van der Waals surface area contributed by atoms with Gasteiger partial charge in [0.25, 0.3) is 0 Å². The molecule has 0 aliphatic heterocycles. The molecule has 0 bridgehead atoms. The first kappa shape index (κ1) is 13.2. The van der Waals surface area contributed by atoms with E-state index in [0.29, 0.717) is 10.5 Å². The number of aromatic amines is 1. The number of nitrogens with one attached hydrogen (secondary N) is 1. The van der Waals surface area contributed by atoms with Crippen molar-refractivity contribution in [3.05, 3.63) is 51.8 Å². The molecule has 1 N–H and O–H groups in total. The number of aryl methyl sites for hydroxylation is 1. The Balaban J connectivity index is 2.21. The third-order valence-corrected chi connectivity index (χ3v) is 4.23. The van der Waals surface area contributed by atoms with Gasteiger partial charge in [0, 0.05) is 13.2 Å². The summed E-state index contributed by atoms with van der Waals surface area (Å²) in [4.78, 5) is 7.72. The Morgan fingerprint density at radius 2 is 1.95 bits per heavy atom. The van der Waals surface area contributed by atoms with Gasteiger partial charge in [0.1, 0.15) is 10.5 Å². The Morgan fingerprint density at radius 3 is 2.60 bits per heavy atom. The van der Waals surface area contributed by atoms with Crippen molar-refractivity contribution < 1.29 is 0 Å². The predicted molar refractivity (Wildman–Crippen MR) is 84.8 cm³/mol. The van der Waals surface area contributed by atoms with Gasteiger partial charge < -0.3 is 4.98 Å². The van der Waals surface area contributed by atoms with Gasteiger partial charge >= 0.3 is 0 Å². The van der Waals surface area contributed by atoms with Gasteiger partial charge in [0.2, 0.25) is 0 Å². The Morgan fingerprint density at radius 1 is 1.20 bits per heavy atom. The topological polar surface area (TPSA) is 46.5 Å². The minimum absolute atomic E-state index is 0.529. The van der Waals surface area contributed by atoms with E-state index in [0.717, 1.165) is 21.3 Å². The molecule has 0 radical (unpaired) electrons. The van der Waals surface area contributed by atoms with Gasteiger partial charge in [-0.3, -0.25) is 4.68 Å². The molecule has 2 heterocycles. The molecule has 0 atom stereocenters. The van der Waals surface area contributed by atoms with Crippen molar-refractivity contribution >= 4 is 28.1 Å². The number of rotatable bonds is 2. The molecule has 0 spiro atoms. The maximum atomic E-state index is 5.33. The van der Waals surface area contributed by atoms with E-state index in [-0.39, 0.29) is 0 Å². The van der Waals surface area contributed by atoms with Crippen LogP contribution in [0.3, 0.4) is 0 Å². The minimum atomic E-state index is 0.529.